The highest BCUT2D eigenvalue weighted by Crippen LogP contribution is 2.35. The molecule has 0 aliphatic carbocycles. The molecule has 2 unspecified atom stereocenters. The number of benzene rings is 1. The van der Waals surface area contributed by atoms with E-state index in [1.807, 2.05) is 19.1 Å². The molecule has 0 amide bonds. The quantitative estimate of drug-likeness (QED) is 0.601. The summed E-state index contributed by atoms with van der Waals surface area (Å²) in [6, 6.07) is 7.10. The minimum atomic E-state index is -2.11. The van der Waals surface area contributed by atoms with Gasteiger partial charge in [0.1, 0.15) is 0 Å². The van der Waals surface area contributed by atoms with Crippen molar-refractivity contribution in [2.75, 3.05) is 6.61 Å². The number of aryl methyl sites for hydroxylation is 1. The van der Waals surface area contributed by atoms with Crippen molar-refractivity contribution in [1.29, 1.82) is 0 Å². The predicted octanol–water partition coefficient (Wildman–Crippen LogP) is 2.61. The van der Waals surface area contributed by atoms with Crippen molar-refractivity contribution in [3.05, 3.63) is 29.8 Å². The van der Waals surface area contributed by atoms with Crippen molar-refractivity contribution < 1.29 is 23.4 Å². The molecule has 1 saturated heterocycles. The maximum Gasteiger partial charge on any atom is 0.605 e. The maximum absolute atomic E-state index is 11.6. The van der Waals surface area contributed by atoms with Crippen LogP contribution in [-0.2, 0) is 14.0 Å². The van der Waals surface area contributed by atoms with E-state index < -0.39 is 20.0 Å². The molecule has 0 radical (unpaired) electrons. The van der Waals surface area contributed by atoms with Crippen LogP contribution < -0.4 is 4.52 Å². The Bertz CT molecular complexity index is 414. The van der Waals surface area contributed by atoms with Crippen LogP contribution in [0.4, 0.5) is 4.79 Å². The van der Waals surface area contributed by atoms with Gasteiger partial charge in [-0.3, -0.25) is 4.52 Å². The van der Waals surface area contributed by atoms with Crippen molar-refractivity contribution in [3.8, 4) is 5.75 Å². The van der Waals surface area contributed by atoms with Crippen molar-refractivity contribution in [2.24, 2.45) is 0 Å². The van der Waals surface area contributed by atoms with Crippen LogP contribution in [0.1, 0.15) is 5.56 Å². The summed E-state index contributed by atoms with van der Waals surface area (Å²) >= 11 is 0. The minimum absolute atomic E-state index is 0.0279. The molecule has 1 aromatic carbocycles. The van der Waals surface area contributed by atoms with E-state index in [0.29, 0.717) is 5.75 Å². The lowest BCUT2D eigenvalue weighted by molar-refractivity contribution is 0.127. The van der Waals surface area contributed by atoms with Crippen LogP contribution in [0.2, 0.25) is 0 Å². The Morgan fingerprint density at radius 1 is 1.38 bits per heavy atom. The van der Waals surface area contributed by atoms with Crippen LogP contribution in [0.25, 0.3) is 0 Å². The van der Waals surface area contributed by atoms with Gasteiger partial charge in [-0.15, -0.1) is 0 Å². The van der Waals surface area contributed by atoms with E-state index in [9.17, 15) is 9.36 Å². The molecule has 0 aromatic heterocycles. The predicted molar refractivity (Wildman–Crippen MR) is 55.6 cm³/mol. The van der Waals surface area contributed by atoms with E-state index in [4.69, 9.17) is 4.52 Å². The Labute approximate surface area is 93.2 Å². The molecule has 0 bridgehead atoms. The van der Waals surface area contributed by atoms with Gasteiger partial charge in [0.05, 0.1) is 0 Å². The van der Waals surface area contributed by atoms with Crippen LogP contribution >= 0.6 is 8.03 Å². The third-order valence-corrected chi connectivity index (χ3v) is 3.14. The van der Waals surface area contributed by atoms with Gasteiger partial charge in [0.2, 0.25) is 0 Å². The Morgan fingerprint density at radius 2 is 2.06 bits per heavy atom. The van der Waals surface area contributed by atoms with Crippen LogP contribution in [0.5, 0.6) is 5.75 Å². The highest BCUT2D eigenvalue weighted by Gasteiger charge is 2.44. The number of hydrogen-bond donors (Lipinski definition) is 0. The molecule has 6 heteroatoms. The van der Waals surface area contributed by atoms with Crippen molar-refractivity contribution >= 4 is 14.2 Å². The monoisotopic (exact) mass is 241 g/mol. The summed E-state index contributed by atoms with van der Waals surface area (Å²) in [5.41, 5.74) is 1.08. The van der Waals surface area contributed by atoms with Gasteiger partial charge in [-0.2, -0.15) is 0 Å². The number of ether oxygens (including phenoxy) is 2. The fraction of sp³-hybridized carbons (Fsp3) is 0.300. The number of cyclic esters (lactones) is 2. The Balaban J connectivity index is 1.97. The Hall–Kier alpha value is -1.61. The zero-order valence-corrected chi connectivity index (χ0v) is 9.48. The first kappa shape index (κ1) is 10.9. The topological polar surface area (TPSA) is 61.8 Å². The summed E-state index contributed by atoms with van der Waals surface area (Å²) in [5, 5.41) is 0. The lowest BCUT2D eigenvalue weighted by Gasteiger charge is -1.96. The maximum atomic E-state index is 11.6. The molecule has 2 atom stereocenters. The smallest absolute Gasteiger partial charge is 0.425 e. The zero-order chi connectivity index (χ0) is 11.5. The molecule has 1 heterocycles. The largest absolute Gasteiger partial charge is 0.605 e. The first-order chi connectivity index (χ1) is 7.65. The number of hydrogen-bond acceptors (Lipinski definition) is 5. The molecule has 84 valence electrons. The number of rotatable bonds is 3. The lowest BCUT2D eigenvalue weighted by atomic mass is 10.2. The van der Waals surface area contributed by atoms with E-state index in [1.54, 1.807) is 12.1 Å². The van der Waals surface area contributed by atoms with E-state index >= 15 is 0 Å². The third kappa shape index (κ3) is 2.49. The van der Waals surface area contributed by atoms with Crippen molar-refractivity contribution in [1.82, 2.24) is 0 Å². The fourth-order valence-electron chi connectivity index (χ4n) is 1.18. The second-order valence-corrected chi connectivity index (χ2v) is 4.65. The molecule has 16 heavy (non-hydrogen) atoms. The molecule has 0 saturated carbocycles. The number of carbonyl (C=O) groups is 1. The highest BCUT2D eigenvalue weighted by atomic mass is 31.1. The zero-order valence-electron chi connectivity index (χ0n) is 8.58. The van der Waals surface area contributed by atoms with Gasteiger partial charge in [-0.25, -0.2) is 4.79 Å². The van der Waals surface area contributed by atoms with Crippen LogP contribution in [0.15, 0.2) is 24.3 Å². The first-order valence-corrected chi connectivity index (χ1v) is 5.94. The molecule has 1 aliphatic rings. The SMILES string of the molecule is Cc1ccc(O[P+](=O)C2COC(=O)O2)cc1. The van der Waals surface area contributed by atoms with E-state index in [0.717, 1.165) is 5.56 Å². The van der Waals surface area contributed by atoms with Gasteiger partial charge in [-0.1, -0.05) is 17.7 Å². The van der Waals surface area contributed by atoms with Gasteiger partial charge < -0.3 is 9.47 Å². The molecule has 1 fully saturated rings. The Kier molecular flexibility index (Phi) is 3.06. The highest BCUT2D eigenvalue weighted by molar-refractivity contribution is 7.40. The van der Waals surface area contributed by atoms with Crippen LogP contribution in [0, 0.1) is 6.92 Å². The van der Waals surface area contributed by atoms with E-state index in [2.05, 4.69) is 9.47 Å². The first-order valence-electron chi connectivity index (χ1n) is 4.69. The molecule has 1 aromatic rings. The van der Waals surface area contributed by atoms with Crippen molar-refractivity contribution in [3.63, 3.8) is 0 Å². The summed E-state index contributed by atoms with van der Waals surface area (Å²) in [6.07, 6.45) is -0.805. The van der Waals surface area contributed by atoms with Gasteiger partial charge >= 0.3 is 20.0 Å². The second-order valence-electron chi connectivity index (χ2n) is 3.32. The summed E-state index contributed by atoms with van der Waals surface area (Å²) in [6.45, 7) is 1.91. The van der Waals surface area contributed by atoms with E-state index in [1.165, 1.54) is 0 Å². The lowest BCUT2D eigenvalue weighted by Crippen LogP contribution is -2.06. The van der Waals surface area contributed by atoms with Gasteiger partial charge in [0, 0.05) is 0 Å². The second kappa shape index (κ2) is 4.49. The fourth-order valence-corrected chi connectivity index (χ4v) is 2.00. The van der Waals surface area contributed by atoms with Crippen molar-refractivity contribution in [2.45, 2.75) is 12.8 Å². The van der Waals surface area contributed by atoms with Crippen LogP contribution in [-0.4, -0.2) is 18.6 Å². The third-order valence-electron chi connectivity index (χ3n) is 2.03. The average molecular weight is 241 g/mol. The molecule has 2 rings (SSSR count). The molecular weight excluding hydrogens is 231 g/mol. The summed E-state index contributed by atoms with van der Waals surface area (Å²) in [4.78, 5) is 10.6. The average Bonchev–Trinajstić information content (AvgIpc) is 2.68. The molecular formula is C10H10O5P+. The standard InChI is InChI=1S/C10H10O5P/c1-7-2-4-8(5-3-7)15-16(12)9-6-13-10(11)14-9/h2-5,9H,6H2,1H3/q+1. The normalized spacial score (nSPS) is 19.9. The number of carbonyl (C=O) groups excluding carboxylic acids is 1. The summed E-state index contributed by atoms with van der Waals surface area (Å²) in [5.74, 6) is -0.335. The minimum Gasteiger partial charge on any atom is -0.425 e. The van der Waals surface area contributed by atoms with E-state index in [-0.39, 0.29) is 6.61 Å². The Morgan fingerprint density at radius 3 is 2.62 bits per heavy atom. The van der Waals surface area contributed by atoms with Crippen LogP contribution in [0.3, 0.4) is 0 Å². The molecule has 1 aliphatic heterocycles. The molecule has 0 spiro atoms. The molecule has 0 N–H and O–H groups in total. The summed E-state index contributed by atoms with van der Waals surface area (Å²) < 4.78 is 25.9. The molecule has 5 nitrogen and oxygen atoms in total. The van der Waals surface area contributed by atoms with Gasteiger partial charge in [-0.05, 0) is 23.6 Å². The summed E-state index contributed by atoms with van der Waals surface area (Å²) in [7, 11) is -2.11. The van der Waals surface area contributed by atoms with Gasteiger partial charge in [0.15, 0.2) is 12.4 Å². The van der Waals surface area contributed by atoms with Gasteiger partial charge in [0.25, 0.3) is 0 Å².